The van der Waals surface area contributed by atoms with Crippen molar-refractivity contribution in [3.05, 3.63) is 34.8 Å². The van der Waals surface area contributed by atoms with Crippen LogP contribution in [0.1, 0.15) is 13.8 Å². The highest BCUT2D eigenvalue weighted by Crippen LogP contribution is 2.24. The van der Waals surface area contributed by atoms with E-state index in [0.717, 1.165) is 6.54 Å². The summed E-state index contributed by atoms with van der Waals surface area (Å²) < 4.78 is 16.4. The van der Waals surface area contributed by atoms with Crippen molar-refractivity contribution in [3.63, 3.8) is 0 Å². The fourth-order valence-electron chi connectivity index (χ4n) is 1.66. The summed E-state index contributed by atoms with van der Waals surface area (Å²) in [6, 6.07) is 4.94. The highest BCUT2D eigenvalue weighted by Gasteiger charge is 2.12. The van der Waals surface area contributed by atoms with Crippen LogP contribution in [0.5, 0.6) is 0 Å². The van der Waals surface area contributed by atoms with Crippen molar-refractivity contribution in [2.24, 2.45) is 5.92 Å². The third kappa shape index (κ3) is 2.72. The van der Waals surface area contributed by atoms with Crippen LogP contribution in [0.4, 0.5) is 4.39 Å². The Morgan fingerprint density at radius 1 is 1.41 bits per heavy atom. The lowest BCUT2D eigenvalue weighted by Crippen LogP contribution is -2.05. The third-order valence-corrected chi connectivity index (χ3v) is 2.84. The van der Waals surface area contributed by atoms with Crippen LogP contribution in [0, 0.1) is 11.7 Å². The minimum Gasteiger partial charge on any atom is -0.313 e. The van der Waals surface area contributed by atoms with Crippen LogP contribution < -0.4 is 0 Å². The van der Waals surface area contributed by atoms with Gasteiger partial charge in [0, 0.05) is 11.0 Å². The monoisotopic (exact) mass is 297 g/mol. The molecular formula is C12H13BrFN3. The van der Waals surface area contributed by atoms with Gasteiger partial charge in [-0.05, 0) is 24.1 Å². The topological polar surface area (TPSA) is 30.7 Å². The number of hydrogen-bond acceptors (Lipinski definition) is 2. The minimum absolute atomic E-state index is 0.294. The lowest BCUT2D eigenvalue weighted by Gasteiger charge is -2.09. The Kier molecular flexibility index (Phi) is 3.57. The minimum atomic E-state index is -0.294. The van der Waals surface area contributed by atoms with Gasteiger partial charge in [-0.25, -0.2) is 4.39 Å². The van der Waals surface area contributed by atoms with Crippen LogP contribution in [0.15, 0.2) is 29.0 Å². The molecular weight excluding hydrogens is 285 g/mol. The third-order valence-electron chi connectivity index (χ3n) is 2.35. The Balaban J connectivity index is 2.42. The van der Waals surface area contributed by atoms with Crippen molar-refractivity contribution in [1.82, 2.24) is 14.8 Å². The van der Waals surface area contributed by atoms with E-state index in [1.54, 1.807) is 18.5 Å². The summed E-state index contributed by atoms with van der Waals surface area (Å²) in [5.74, 6) is 0.740. The molecule has 2 aromatic rings. The van der Waals surface area contributed by atoms with Gasteiger partial charge in [0.1, 0.15) is 12.1 Å². The highest BCUT2D eigenvalue weighted by atomic mass is 79.9. The average molecular weight is 298 g/mol. The SMILES string of the molecule is CC(C)Cn1cnnc1-c1ccc(Br)cc1F. The lowest BCUT2D eigenvalue weighted by molar-refractivity contribution is 0.523. The molecule has 1 aromatic carbocycles. The predicted octanol–water partition coefficient (Wildman–Crippen LogP) is 3.50. The van der Waals surface area contributed by atoms with Gasteiger partial charge in [0.2, 0.25) is 0 Å². The second-order valence-electron chi connectivity index (χ2n) is 4.32. The largest absolute Gasteiger partial charge is 0.313 e. The van der Waals surface area contributed by atoms with Crippen LogP contribution in [0.2, 0.25) is 0 Å². The fraction of sp³-hybridized carbons (Fsp3) is 0.333. The standard InChI is InChI=1S/C12H13BrFN3/c1-8(2)6-17-7-15-16-12(17)10-4-3-9(13)5-11(10)14/h3-5,7-8H,6H2,1-2H3. The summed E-state index contributed by atoms with van der Waals surface area (Å²) in [6.45, 7) is 4.97. The smallest absolute Gasteiger partial charge is 0.166 e. The van der Waals surface area contributed by atoms with Crippen molar-refractivity contribution >= 4 is 15.9 Å². The van der Waals surface area contributed by atoms with Crippen LogP contribution in [0.25, 0.3) is 11.4 Å². The molecule has 1 aromatic heterocycles. The number of halogens is 2. The first-order valence-corrected chi connectivity index (χ1v) is 6.20. The van der Waals surface area contributed by atoms with E-state index in [1.165, 1.54) is 6.07 Å². The average Bonchev–Trinajstić information content (AvgIpc) is 2.65. The molecule has 90 valence electrons. The van der Waals surface area contributed by atoms with Gasteiger partial charge in [0.15, 0.2) is 5.82 Å². The molecule has 0 fully saturated rings. The molecule has 0 radical (unpaired) electrons. The Labute approximate surface area is 108 Å². The molecule has 0 unspecified atom stereocenters. The number of aromatic nitrogens is 3. The lowest BCUT2D eigenvalue weighted by atomic mass is 10.2. The molecule has 0 N–H and O–H groups in total. The van der Waals surface area contributed by atoms with E-state index in [4.69, 9.17) is 0 Å². The predicted molar refractivity (Wildman–Crippen MR) is 68.0 cm³/mol. The number of benzene rings is 1. The van der Waals surface area contributed by atoms with Crippen LogP contribution in [-0.2, 0) is 6.54 Å². The normalized spacial score (nSPS) is 11.1. The van der Waals surface area contributed by atoms with Crippen molar-refractivity contribution < 1.29 is 4.39 Å². The molecule has 17 heavy (non-hydrogen) atoms. The molecule has 1 heterocycles. The zero-order valence-electron chi connectivity index (χ0n) is 9.69. The molecule has 5 heteroatoms. The Morgan fingerprint density at radius 3 is 2.82 bits per heavy atom. The van der Waals surface area contributed by atoms with Gasteiger partial charge in [-0.3, -0.25) is 0 Å². The van der Waals surface area contributed by atoms with Crippen LogP contribution in [-0.4, -0.2) is 14.8 Å². The summed E-state index contributed by atoms with van der Waals surface area (Å²) in [4.78, 5) is 0. The van der Waals surface area contributed by atoms with Gasteiger partial charge in [-0.15, -0.1) is 10.2 Å². The Hall–Kier alpha value is -1.23. The van der Waals surface area contributed by atoms with E-state index in [-0.39, 0.29) is 5.82 Å². The van der Waals surface area contributed by atoms with Gasteiger partial charge >= 0.3 is 0 Å². The van der Waals surface area contributed by atoms with E-state index < -0.39 is 0 Å². The molecule has 0 aliphatic carbocycles. The maximum absolute atomic E-state index is 13.8. The van der Waals surface area contributed by atoms with Crippen LogP contribution >= 0.6 is 15.9 Å². The fourth-order valence-corrected chi connectivity index (χ4v) is 1.99. The van der Waals surface area contributed by atoms with Gasteiger partial charge < -0.3 is 4.57 Å². The van der Waals surface area contributed by atoms with E-state index in [0.29, 0.717) is 21.8 Å². The molecule has 2 rings (SSSR count). The van der Waals surface area contributed by atoms with E-state index >= 15 is 0 Å². The summed E-state index contributed by atoms with van der Waals surface area (Å²) in [6.07, 6.45) is 1.64. The zero-order valence-corrected chi connectivity index (χ0v) is 11.3. The first kappa shape index (κ1) is 12.2. The van der Waals surface area contributed by atoms with E-state index in [1.807, 2.05) is 4.57 Å². The van der Waals surface area contributed by atoms with Gasteiger partial charge in [-0.2, -0.15) is 0 Å². The number of hydrogen-bond donors (Lipinski definition) is 0. The molecule has 0 bridgehead atoms. The molecule has 3 nitrogen and oxygen atoms in total. The van der Waals surface area contributed by atoms with E-state index in [9.17, 15) is 4.39 Å². The number of nitrogens with zero attached hydrogens (tertiary/aromatic N) is 3. The van der Waals surface area contributed by atoms with Crippen molar-refractivity contribution in [2.75, 3.05) is 0 Å². The van der Waals surface area contributed by atoms with Crippen molar-refractivity contribution in [3.8, 4) is 11.4 Å². The van der Waals surface area contributed by atoms with Crippen molar-refractivity contribution in [2.45, 2.75) is 20.4 Å². The molecule has 0 aliphatic heterocycles. The summed E-state index contributed by atoms with van der Waals surface area (Å²) in [5.41, 5.74) is 0.478. The van der Waals surface area contributed by atoms with Crippen LogP contribution in [0.3, 0.4) is 0 Å². The molecule has 0 spiro atoms. The number of rotatable bonds is 3. The van der Waals surface area contributed by atoms with Crippen molar-refractivity contribution in [1.29, 1.82) is 0 Å². The van der Waals surface area contributed by atoms with E-state index in [2.05, 4.69) is 40.0 Å². The first-order chi connectivity index (χ1) is 8.08. The molecule has 0 atom stereocenters. The summed E-state index contributed by atoms with van der Waals surface area (Å²) >= 11 is 3.24. The molecule has 0 saturated heterocycles. The summed E-state index contributed by atoms with van der Waals surface area (Å²) in [5, 5.41) is 7.84. The summed E-state index contributed by atoms with van der Waals surface area (Å²) in [7, 11) is 0. The molecule has 0 amide bonds. The van der Waals surface area contributed by atoms with Gasteiger partial charge in [-0.1, -0.05) is 29.8 Å². The van der Waals surface area contributed by atoms with Gasteiger partial charge in [0.05, 0.1) is 5.56 Å². The first-order valence-electron chi connectivity index (χ1n) is 5.41. The second kappa shape index (κ2) is 4.96. The highest BCUT2D eigenvalue weighted by molar-refractivity contribution is 9.10. The van der Waals surface area contributed by atoms with Gasteiger partial charge in [0.25, 0.3) is 0 Å². The maximum Gasteiger partial charge on any atom is 0.166 e. The molecule has 0 saturated carbocycles. The Morgan fingerprint density at radius 2 is 2.18 bits per heavy atom. The molecule has 0 aliphatic rings. The maximum atomic E-state index is 13.8. The zero-order chi connectivity index (χ0) is 12.4. The second-order valence-corrected chi connectivity index (χ2v) is 5.24. The quantitative estimate of drug-likeness (QED) is 0.868. The Bertz CT molecular complexity index is 522.